The van der Waals surface area contributed by atoms with Crippen LogP contribution < -0.4 is 5.32 Å². The molecule has 4 heteroatoms. The summed E-state index contributed by atoms with van der Waals surface area (Å²) in [6.07, 6.45) is 66.5. The van der Waals surface area contributed by atoms with Crippen molar-refractivity contribution in [1.29, 1.82) is 0 Å². The van der Waals surface area contributed by atoms with Crippen molar-refractivity contribution in [2.75, 3.05) is 6.61 Å². The molecule has 4 nitrogen and oxygen atoms in total. The van der Waals surface area contributed by atoms with E-state index in [0.29, 0.717) is 12.8 Å². The fourth-order valence-corrected chi connectivity index (χ4v) is 6.20. The van der Waals surface area contributed by atoms with E-state index >= 15 is 0 Å². The monoisotopic (exact) mass is 748 g/mol. The van der Waals surface area contributed by atoms with Crippen LogP contribution in [0.15, 0.2) is 97.2 Å². The van der Waals surface area contributed by atoms with Gasteiger partial charge in [0.25, 0.3) is 0 Å². The smallest absolute Gasteiger partial charge is 0.220 e. The second kappa shape index (κ2) is 44.7. The Morgan fingerprint density at radius 1 is 0.463 bits per heavy atom. The van der Waals surface area contributed by atoms with Crippen molar-refractivity contribution in [3.8, 4) is 0 Å². The van der Waals surface area contributed by atoms with E-state index in [0.717, 1.165) is 77.0 Å². The van der Waals surface area contributed by atoms with Crippen molar-refractivity contribution in [2.45, 2.75) is 206 Å². The molecule has 0 heterocycles. The normalized spacial score (nSPS) is 13.9. The highest BCUT2D eigenvalue weighted by molar-refractivity contribution is 5.76. The van der Waals surface area contributed by atoms with Crippen molar-refractivity contribution in [2.24, 2.45) is 0 Å². The van der Waals surface area contributed by atoms with Crippen LogP contribution in [0.1, 0.15) is 194 Å². The molecule has 0 saturated heterocycles. The van der Waals surface area contributed by atoms with Crippen LogP contribution >= 0.6 is 0 Å². The first-order chi connectivity index (χ1) is 26.7. The highest BCUT2D eigenvalue weighted by atomic mass is 16.3. The molecule has 0 aliphatic carbocycles. The fraction of sp³-hybridized carbons (Fsp3) is 0.660. The zero-order valence-corrected chi connectivity index (χ0v) is 35.2. The number of hydrogen-bond donors (Lipinski definition) is 3. The third-order valence-corrected chi connectivity index (χ3v) is 9.61. The molecule has 0 fully saturated rings. The maximum atomic E-state index is 12.3. The molecule has 2 atom stereocenters. The van der Waals surface area contributed by atoms with Gasteiger partial charge in [0.1, 0.15) is 0 Å². The largest absolute Gasteiger partial charge is 0.394 e. The summed E-state index contributed by atoms with van der Waals surface area (Å²) >= 11 is 0. The molecule has 0 aliphatic rings. The molecule has 0 spiro atoms. The SMILES string of the molecule is CC/C=C\C/C=C\C/C=C\C/C=C\C/C=C\C/C=C\C/C=C\C/C=C\CCCCCCCCCCCCC(=O)NC(CO)C(O)CCCCCCCCC. The van der Waals surface area contributed by atoms with Crippen LogP contribution in [0.5, 0.6) is 0 Å². The average molecular weight is 748 g/mol. The van der Waals surface area contributed by atoms with Crippen molar-refractivity contribution < 1.29 is 15.0 Å². The summed E-state index contributed by atoms with van der Waals surface area (Å²) in [4.78, 5) is 12.3. The van der Waals surface area contributed by atoms with Crippen LogP contribution in [-0.2, 0) is 4.79 Å². The molecule has 3 N–H and O–H groups in total. The number of aliphatic hydroxyl groups excluding tert-OH is 2. The highest BCUT2D eigenvalue weighted by Gasteiger charge is 2.19. The third-order valence-electron chi connectivity index (χ3n) is 9.61. The first-order valence-corrected chi connectivity index (χ1v) is 22.4. The van der Waals surface area contributed by atoms with Gasteiger partial charge >= 0.3 is 0 Å². The molecular weight excluding hydrogens is 663 g/mol. The zero-order chi connectivity index (χ0) is 39.3. The van der Waals surface area contributed by atoms with Gasteiger partial charge in [-0.15, -0.1) is 0 Å². The molecule has 2 unspecified atom stereocenters. The molecule has 308 valence electrons. The van der Waals surface area contributed by atoms with Crippen LogP contribution in [0.3, 0.4) is 0 Å². The van der Waals surface area contributed by atoms with Crippen molar-refractivity contribution in [3.63, 3.8) is 0 Å². The summed E-state index contributed by atoms with van der Waals surface area (Å²) in [5.41, 5.74) is 0. The van der Waals surface area contributed by atoms with Gasteiger partial charge in [0.15, 0.2) is 0 Å². The van der Waals surface area contributed by atoms with Crippen LogP contribution in [0.2, 0.25) is 0 Å². The van der Waals surface area contributed by atoms with E-state index in [4.69, 9.17) is 0 Å². The van der Waals surface area contributed by atoms with Crippen LogP contribution in [-0.4, -0.2) is 34.9 Å². The van der Waals surface area contributed by atoms with Gasteiger partial charge in [0, 0.05) is 6.42 Å². The van der Waals surface area contributed by atoms with Gasteiger partial charge in [-0.3, -0.25) is 4.79 Å². The summed E-state index contributed by atoms with van der Waals surface area (Å²) in [6.45, 7) is 4.18. The molecule has 0 rings (SSSR count). The van der Waals surface area contributed by atoms with Gasteiger partial charge < -0.3 is 15.5 Å². The summed E-state index contributed by atoms with van der Waals surface area (Å²) in [5.74, 6) is -0.0455. The van der Waals surface area contributed by atoms with E-state index in [1.54, 1.807) is 0 Å². The molecule has 0 aliphatic heterocycles. The molecule has 0 aromatic carbocycles. The van der Waals surface area contributed by atoms with Crippen LogP contribution in [0, 0.1) is 0 Å². The molecule has 0 bridgehead atoms. The molecule has 1 amide bonds. The lowest BCUT2D eigenvalue weighted by molar-refractivity contribution is -0.123. The molecule has 0 aromatic rings. The third kappa shape index (κ3) is 40.5. The Hall–Kier alpha value is -2.69. The number of nitrogens with one attached hydrogen (secondary N) is 1. The van der Waals surface area contributed by atoms with Crippen LogP contribution in [0.4, 0.5) is 0 Å². The van der Waals surface area contributed by atoms with E-state index in [1.165, 1.54) is 89.9 Å². The molecule has 0 radical (unpaired) electrons. The van der Waals surface area contributed by atoms with Crippen molar-refractivity contribution in [3.05, 3.63) is 97.2 Å². The fourth-order valence-electron chi connectivity index (χ4n) is 6.20. The van der Waals surface area contributed by atoms with E-state index < -0.39 is 12.1 Å². The van der Waals surface area contributed by atoms with E-state index in [-0.39, 0.29) is 12.5 Å². The van der Waals surface area contributed by atoms with Gasteiger partial charge in [0.2, 0.25) is 5.91 Å². The number of carbonyl (C=O) groups excluding carboxylic acids is 1. The molecule has 0 saturated carbocycles. The summed E-state index contributed by atoms with van der Waals surface area (Å²) in [5, 5.41) is 22.9. The van der Waals surface area contributed by atoms with Gasteiger partial charge in [-0.1, -0.05) is 207 Å². The minimum absolute atomic E-state index is 0.0455. The lowest BCUT2D eigenvalue weighted by Crippen LogP contribution is -2.45. The number of rotatable bonds is 39. The second-order valence-electron chi connectivity index (χ2n) is 14.7. The van der Waals surface area contributed by atoms with Crippen LogP contribution in [0.25, 0.3) is 0 Å². The van der Waals surface area contributed by atoms with Gasteiger partial charge in [-0.05, 0) is 77.0 Å². The second-order valence-corrected chi connectivity index (χ2v) is 14.7. The lowest BCUT2D eigenvalue weighted by atomic mass is 10.0. The number of allylic oxidation sites excluding steroid dienone is 16. The minimum atomic E-state index is -0.663. The quantitative estimate of drug-likeness (QED) is 0.0433. The highest BCUT2D eigenvalue weighted by Crippen LogP contribution is 2.14. The molecule has 0 aromatic heterocycles. The summed E-state index contributed by atoms with van der Waals surface area (Å²) in [6, 6.07) is -0.541. The summed E-state index contributed by atoms with van der Waals surface area (Å²) < 4.78 is 0. The topological polar surface area (TPSA) is 69.6 Å². The standard InChI is InChI=1S/C50H85NO3/c1-3-5-7-9-11-12-13-14-15-16-17-18-19-20-21-22-23-24-25-26-27-28-29-30-31-32-33-34-35-36-37-38-40-42-44-46-50(54)51-48(47-52)49(53)45-43-41-39-10-8-6-4-2/h5,7,11-12,14-15,17-18,20-21,23-24,26-27,29-30,48-49,52-53H,3-4,6,8-10,13,16,19,22,25,28,31-47H2,1-2H3,(H,51,54)/b7-5-,12-11-,15-14-,18-17-,21-20-,24-23-,27-26-,30-29-. The predicted molar refractivity (Wildman–Crippen MR) is 239 cm³/mol. The Bertz CT molecular complexity index is 1030. The van der Waals surface area contributed by atoms with Gasteiger partial charge in [0.05, 0.1) is 18.8 Å². The zero-order valence-electron chi connectivity index (χ0n) is 35.2. The first-order valence-electron chi connectivity index (χ1n) is 22.4. The van der Waals surface area contributed by atoms with E-state index in [9.17, 15) is 15.0 Å². The number of carbonyl (C=O) groups is 1. The average Bonchev–Trinajstić information content (AvgIpc) is 3.18. The number of aliphatic hydroxyl groups is 2. The Labute approximate surface area is 334 Å². The van der Waals surface area contributed by atoms with Gasteiger partial charge in [-0.2, -0.15) is 0 Å². The van der Waals surface area contributed by atoms with E-state index in [2.05, 4.69) is 116 Å². The van der Waals surface area contributed by atoms with Crippen molar-refractivity contribution in [1.82, 2.24) is 5.32 Å². The Balaban J connectivity index is 3.56. The lowest BCUT2D eigenvalue weighted by Gasteiger charge is -2.22. The maximum Gasteiger partial charge on any atom is 0.220 e. The van der Waals surface area contributed by atoms with Crippen molar-refractivity contribution >= 4 is 5.91 Å². The summed E-state index contributed by atoms with van der Waals surface area (Å²) in [7, 11) is 0. The Morgan fingerprint density at radius 2 is 0.815 bits per heavy atom. The van der Waals surface area contributed by atoms with Gasteiger partial charge in [-0.25, -0.2) is 0 Å². The first kappa shape index (κ1) is 51.3. The number of unbranched alkanes of at least 4 members (excludes halogenated alkanes) is 16. The van der Waals surface area contributed by atoms with E-state index in [1.807, 2.05) is 0 Å². The Morgan fingerprint density at radius 3 is 1.22 bits per heavy atom. The number of amides is 1. The molecular formula is C50H85NO3. The minimum Gasteiger partial charge on any atom is -0.394 e. The number of hydrogen-bond acceptors (Lipinski definition) is 3. The predicted octanol–water partition coefficient (Wildman–Crippen LogP) is 14.2. The Kier molecular flexibility index (Phi) is 42.5. The maximum absolute atomic E-state index is 12.3. The molecule has 54 heavy (non-hydrogen) atoms.